The average Bonchev–Trinajstić information content (AvgIpc) is 2.68. The van der Waals surface area contributed by atoms with Crippen LogP contribution in [0.3, 0.4) is 0 Å². The number of rotatable bonds is 4. The van der Waals surface area contributed by atoms with Gasteiger partial charge < -0.3 is 9.64 Å². The molecular weight excluding hydrogens is 240 g/mol. The maximum Gasteiger partial charge on any atom is 0.410 e. The second kappa shape index (κ2) is 5.95. The van der Waals surface area contributed by atoms with E-state index in [1.807, 2.05) is 45.8 Å². The summed E-state index contributed by atoms with van der Waals surface area (Å²) in [6.45, 7) is 11.3. The number of ether oxygens (including phenoxy) is 1. The van der Waals surface area contributed by atoms with E-state index >= 15 is 0 Å². The molecular formula is C15H28N2O2. The average molecular weight is 268 g/mol. The summed E-state index contributed by atoms with van der Waals surface area (Å²) >= 11 is 0. The largest absolute Gasteiger partial charge is 0.444 e. The van der Waals surface area contributed by atoms with Crippen LogP contribution < -0.4 is 0 Å². The van der Waals surface area contributed by atoms with Crippen LogP contribution in [0.5, 0.6) is 0 Å². The first kappa shape index (κ1) is 16.0. The van der Waals surface area contributed by atoms with Crippen LogP contribution in [0.1, 0.15) is 40.0 Å². The third-order valence-corrected chi connectivity index (χ3v) is 3.51. The van der Waals surface area contributed by atoms with Crippen LogP contribution in [-0.2, 0) is 4.74 Å². The minimum Gasteiger partial charge on any atom is -0.444 e. The van der Waals surface area contributed by atoms with Crippen LogP contribution in [0.4, 0.5) is 4.79 Å². The van der Waals surface area contributed by atoms with Gasteiger partial charge in [-0.1, -0.05) is 6.08 Å². The van der Waals surface area contributed by atoms with Crippen molar-refractivity contribution >= 4 is 6.09 Å². The Balaban J connectivity index is 2.79. The lowest BCUT2D eigenvalue weighted by Crippen LogP contribution is -2.49. The fourth-order valence-electron chi connectivity index (χ4n) is 2.48. The van der Waals surface area contributed by atoms with Gasteiger partial charge in [-0.15, -0.1) is 6.58 Å². The molecule has 0 bridgehead atoms. The second-order valence-electron chi connectivity index (χ2n) is 6.60. The van der Waals surface area contributed by atoms with E-state index in [-0.39, 0.29) is 11.6 Å². The highest BCUT2D eigenvalue weighted by molar-refractivity contribution is 5.70. The van der Waals surface area contributed by atoms with Crippen molar-refractivity contribution in [1.82, 2.24) is 9.80 Å². The van der Waals surface area contributed by atoms with Gasteiger partial charge in [-0.2, -0.15) is 0 Å². The fraction of sp³-hybridized carbons (Fsp3) is 0.800. The topological polar surface area (TPSA) is 32.8 Å². The molecule has 0 aromatic carbocycles. The van der Waals surface area contributed by atoms with Gasteiger partial charge in [0, 0.05) is 13.1 Å². The third-order valence-electron chi connectivity index (χ3n) is 3.51. The van der Waals surface area contributed by atoms with E-state index in [2.05, 4.69) is 11.5 Å². The molecule has 1 aliphatic heterocycles. The van der Waals surface area contributed by atoms with E-state index in [0.29, 0.717) is 0 Å². The lowest BCUT2D eigenvalue weighted by molar-refractivity contribution is 0.0129. The van der Waals surface area contributed by atoms with Crippen molar-refractivity contribution in [3.63, 3.8) is 0 Å². The van der Waals surface area contributed by atoms with E-state index in [1.165, 1.54) is 0 Å². The van der Waals surface area contributed by atoms with Crippen LogP contribution in [0, 0.1) is 0 Å². The molecule has 1 atom stereocenters. The second-order valence-corrected chi connectivity index (χ2v) is 6.60. The molecule has 1 rings (SSSR count). The first-order valence-electron chi connectivity index (χ1n) is 6.99. The van der Waals surface area contributed by atoms with Gasteiger partial charge in [0.2, 0.25) is 0 Å². The van der Waals surface area contributed by atoms with Crippen molar-refractivity contribution in [1.29, 1.82) is 0 Å². The van der Waals surface area contributed by atoms with Crippen molar-refractivity contribution in [2.75, 3.05) is 27.2 Å². The molecule has 1 heterocycles. The molecule has 0 N–H and O–H groups in total. The molecule has 1 saturated heterocycles. The molecule has 4 nitrogen and oxygen atoms in total. The van der Waals surface area contributed by atoms with Gasteiger partial charge in [-0.3, -0.25) is 4.90 Å². The van der Waals surface area contributed by atoms with Crippen molar-refractivity contribution in [2.45, 2.75) is 51.2 Å². The maximum atomic E-state index is 12.3. The normalized spacial score (nSPS) is 23.8. The summed E-state index contributed by atoms with van der Waals surface area (Å²) in [5, 5.41) is 0. The zero-order valence-corrected chi connectivity index (χ0v) is 13.0. The molecule has 110 valence electrons. The summed E-state index contributed by atoms with van der Waals surface area (Å²) in [5.41, 5.74) is -0.694. The smallest absolute Gasteiger partial charge is 0.410 e. The fourth-order valence-corrected chi connectivity index (χ4v) is 2.48. The van der Waals surface area contributed by atoms with Gasteiger partial charge in [0.15, 0.2) is 0 Å². The highest BCUT2D eigenvalue weighted by Gasteiger charge is 2.42. The maximum absolute atomic E-state index is 12.3. The van der Waals surface area contributed by atoms with Crippen LogP contribution in [0.15, 0.2) is 12.7 Å². The summed E-state index contributed by atoms with van der Waals surface area (Å²) in [5.74, 6) is 0. The Morgan fingerprint density at radius 1 is 1.47 bits per heavy atom. The van der Waals surface area contributed by atoms with Gasteiger partial charge >= 0.3 is 6.09 Å². The Hall–Kier alpha value is -1.03. The number of nitrogens with zero attached hydrogens (tertiary/aromatic N) is 2. The van der Waals surface area contributed by atoms with Gasteiger partial charge in [0.25, 0.3) is 0 Å². The zero-order chi connectivity index (χ0) is 14.7. The Labute approximate surface area is 117 Å². The highest BCUT2D eigenvalue weighted by atomic mass is 16.6. The van der Waals surface area contributed by atoms with Gasteiger partial charge in [0.1, 0.15) is 5.60 Å². The van der Waals surface area contributed by atoms with Crippen LogP contribution in [0.2, 0.25) is 0 Å². The standard InChI is InChI=1S/C15H28N2O2/c1-7-15(10-12-16(5)6)9-8-11-17(15)13(18)19-14(2,3)4/h7H,1,8-12H2,2-6H3. The molecule has 0 aliphatic carbocycles. The van der Waals surface area contributed by atoms with Crippen LogP contribution in [0.25, 0.3) is 0 Å². The lowest BCUT2D eigenvalue weighted by Gasteiger charge is -2.37. The Morgan fingerprint density at radius 3 is 2.58 bits per heavy atom. The molecule has 1 aliphatic rings. The van der Waals surface area contributed by atoms with E-state index in [0.717, 1.165) is 32.4 Å². The Morgan fingerprint density at radius 2 is 2.11 bits per heavy atom. The summed E-state index contributed by atoms with van der Waals surface area (Å²) in [6.07, 6.45) is 4.60. The Kier molecular flexibility index (Phi) is 5.02. The summed E-state index contributed by atoms with van der Waals surface area (Å²) < 4.78 is 5.51. The van der Waals surface area contributed by atoms with Crippen molar-refractivity contribution in [2.24, 2.45) is 0 Å². The number of carbonyl (C=O) groups is 1. The number of amides is 1. The van der Waals surface area contributed by atoms with Crippen LogP contribution >= 0.6 is 0 Å². The molecule has 19 heavy (non-hydrogen) atoms. The van der Waals surface area contributed by atoms with Crippen molar-refractivity contribution < 1.29 is 9.53 Å². The first-order chi connectivity index (χ1) is 8.70. The first-order valence-corrected chi connectivity index (χ1v) is 6.99. The van der Waals surface area contributed by atoms with E-state index in [9.17, 15) is 4.79 Å². The summed E-state index contributed by atoms with van der Waals surface area (Å²) in [6, 6.07) is 0. The predicted octanol–water partition coefficient (Wildman–Crippen LogP) is 2.89. The molecule has 1 amide bonds. The molecule has 1 fully saturated rings. The van der Waals surface area contributed by atoms with Crippen molar-refractivity contribution in [3.05, 3.63) is 12.7 Å². The van der Waals surface area contributed by atoms with E-state index < -0.39 is 5.60 Å². The molecule has 0 radical (unpaired) electrons. The lowest BCUT2D eigenvalue weighted by atomic mass is 9.92. The van der Waals surface area contributed by atoms with Gasteiger partial charge in [-0.05, 0) is 54.1 Å². The number of hydrogen-bond donors (Lipinski definition) is 0. The Bertz CT molecular complexity index is 334. The molecule has 0 spiro atoms. The quantitative estimate of drug-likeness (QED) is 0.735. The number of hydrogen-bond acceptors (Lipinski definition) is 3. The summed E-state index contributed by atoms with van der Waals surface area (Å²) in [4.78, 5) is 16.3. The van der Waals surface area contributed by atoms with E-state index in [4.69, 9.17) is 4.74 Å². The van der Waals surface area contributed by atoms with E-state index in [1.54, 1.807) is 0 Å². The third kappa shape index (κ3) is 4.23. The van der Waals surface area contributed by atoms with Gasteiger partial charge in [-0.25, -0.2) is 4.79 Å². The zero-order valence-electron chi connectivity index (χ0n) is 13.0. The predicted molar refractivity (Wildman–Crippen MR) is 78.3 cm³/mol. The highest BCUT2D eigenvalue weighted by Crippen LogP contribution is 2.34. The number of carbonyl (C=O) groups excluding carboxylic acids is 1. The molecule has 4 heteroatoms. The minimum atomic E-state index is -0.450. The monoisotopic (exact) mass is 268 g/mol. The molecule has 0 aromatic rings. The summed E-state index contributed by atoms with van der Waals surface area (Å²) in [7, 11) is 4.09. The van der Waals surface area contributed by atoms with Crippen LogP contribution in [-0.4, -0.2) is 54.2 Å². The molecule has 1 unspecified atom stereocenters. The van der Waals surface area contributed by atoms with Crippen molar-refractivity contribution in [3.8, 4) is 0 Å². The SMILES string of the molecule is C=CC1(CCN(C)C)CCCN1C(=O)OC(C)(C)C. The van der Waals surface area contributed by atoms with Gasteiger partial charge in [0.05, 0.1) is 5.54 Å². The number of likely N-dealkylation sites (tertiary alicyclic amines) is 1. The molecule has 0 saturated carbocycles. The minimum absolute atomic E-state index is 0.219. The molecule has 0 aromatic heterocycles.